The van der Waals surface area contributed by atoms with Crippen LogP contribution in [0.2, 0.25) is 0 Å². The molecule has 7 heteroatoms. The van der Waals surface area contributed by atoms with Crippen LogP contribution in [-0.2, 0) is 15.1 Å². The molecule has 0 saturated carbocycles. The number of methoxy groups -OCH3 is 1. The minimum Gasteiger partial charge on any atom is -0.364 e. The number of amides is 3. The summed E-state index contributed by atoms with van der Waals surface area (Å²) in [7, 11) is 1.39. The van der Waals surface area contributed by atoms with Gasteiger partial charge in [-0.05, 0) is 19.4 Å². The smallest absolute Gasteiger partial charge is 0.314 e. The molecule has 0 unspecified atom stereocenters. The molecule has 6 nitrogen and oxygen atoms in total. The third-order valence-corrected chi connectivity index (χ3v) is 4.30. The molecule has 0 aromatic heterocycles. The topological polar surface area (TPSA) is 75.9 Å². The van der Waals surface area contributed by atoms with Crippen molar-refractivity contribution in [2.24, 2.45) is 5.73 Å². The maximum atomic E-state index is 14.1. The average Bonchev–Trinajstić information content (AvgIpc) is 2.80. The van der Waals surface area contributed by atoms with Crippen LogP contribution >= 0.6 is 0 Å². The number of halogens is 1. The minimum atomic E-state index is -1.41. The highest BCUT2D eigenvalue weighted by atomic mass is 19.1. The molecule has 23 heavy (non-hydrogen) atoms. The van der Waals surface area contributed by atoms with Crippen LogP contribution in [-0.4, -0.2) is 55.0 Å². The normalized spacial score (nSPS) is 18.2. The van der Waals surface area contributed by atoms with E-state index in [4.69, 9.17) is 10.5 Å². The molecule has 1 aromatic rings. The van der Waals surface area contributed by atoms with E-state index in [9.17, 15) is 14.0 Å². The van der Waals surface area contributed by atoms with Crippen LogP contribution in [0, 0.1) is 5.82 Å². The second kappa shape index (κ2) is 6.95. The summed E-state index contributed by atoms with van der Waals surface area (Å²) in [5.74, 6) is -0.810. The van der Waals surface area contributed by atoms with Gasteiger partial charge in [-0.2, -0.15) is 0 Å². The van der Waals surface area contributed by atoms with Crippen LogP contribution in [0.25, 0.3) is 0 Å². The summed E-state index contributed by atoms with van der Waals surface area (Å²) < 4.78 is 19.5. The third-order valence-electron chi connectivity index (χ3n) is 4.30. The molecule has 1 fully saturated rings. The second-order valence-electron chi connectivity index (χ2n) is 5.69. The van der Waals surface area contributed by atoms with Crippen LogP contribution in [0.3, 0.4) is 0 Å². The van der Waals surface area contributed by atoms with Crippen molar-refractivity contribution in [2.75, 3.05) is 33.3 Å². The molecule has 1 heterocycles. The first-order chi connectivity index (χ1) is 10.9. The van der Waals surface area contributed by atoms with Gasteiger partial charge < -0.3 is 20.3 Å². The van der Waals surface area contributed by atoms with Gasteiger partial charge in [0.05, 0.1) is 0 Å². The van der Waals surface area contributed by atoms with Crippen molar-refractivity contribution in [3.63, 3.8) is 0 Å². The van der Waals surface area contributed by atoms with Crippen LogP contribution < -0.4 is 5.73 Å². The van der Waals surface area contributed by atoms with E-state index in [1.165, 1.54) is 18.1 Å². The quantitative estimate of drug-likeness (QED) is 0.911. The maximum Gasteiger partial charge on any atom is 0.314 e. The van der Waals surface area contributed by atoms with Gasteiger partial charge in [-0.3, -0.25) is 4.79 Å². The molecule has 0 radical (unpaired) electrons. The summed E-state index contributed by atoms with van der Waals surface area (Å²) in [6.45, 7) is 3.23. The maximum absolute atomic E-state index is 14.1. The lowest BCUT2D eigenvalue weighted by molar-refractivity contribution is -0.154. The number of rotatable bonds is 3. The van der Waals surface area contributed by atoms with E-state index in [1.807, 2.05) is 0 Å². The van der Waals surface area contributed by atoms with Crippen molar-refractivity contribution in [3.05, 3.63) is 35.6 Å². The van der Waals surface area contributed by atoms with Gasteiger partial charge in [-0.25, -0.2) is 9.18 Å². The Labute approximate surface area is 135 Å². The van der Waals surface area contributed by atoms with Crippen LogP contribution in [0.1, 0.15) is 18.9 Å². The van der Waals surface area contributed by atoms with E-state index in [1.54, 1.807) is 30.0 Å². The van der Waals surface area contributed by atoms with Gasteiger partial charge in [-0.15, -0.1) is 0 Å². The Morgan fingerprint density at radius 1 is 1.17 bits per heavy atom. The Morgan fingerprint density at radius 2 is 1.78 bits per heavy atom. The predicted molar refractivity (Wildman–Crippen MR) is 83.1 cm³/mol. The molecule has 2 N–H and O–H groups in total. The lowest BCUT2D eigenvalue weighted by atomic mass is 9.93. The molecule has 1 aliphatic rings. The third kappa shape index (κ3) is 3.44. The first-order valence-electron chi connectivity index (χ1n) is 7.54. The van der Waals surface area contributed by atoms with Gasteiger partial charge in [-0.1, -0.05) is 18.2 Å². The first-order valence-corrected chi connectivity index (χ1v) is 7.54. The van der Waals surface area contributed by atoms with Crippen molar-refractivity contribution in [2.45, 2.75) is 18.9 Å². The first kappa shape index (κ1) is 17.2. The Hall–Kier alpha value is -2.15. The van der Waals surface area contributed by atoms with E-state index in [-0.39, 0.29) is 11.5 Å². The highest BCUT2D eigenvalue weighted by Crippen LogP contribution is 2.29. The van der Waals surface area contributed by atoms with E-state index in [0.29, 0.717) is 32.6 Å². The Bertz CT molecular complexity index is 596. The summed E-state index contributed by atoms with van der Waals surface area (Å²) in [5, 5.41) is 0. The fraction of sp³-hybridized carbons (Fsp3) is 0.500. The molecule has 2 rings (SSSR count). The summed E-state index contributed by atoms with van der Waals surface area (Å²) in [6.07, 6.45) is 0.617. The van der Waals surface area contributed by atoms with Crippen LogP contribution in [0.4, 0.5) is 9.18 Å². The van der Waals surface area contributed by atoms with Crippen LogP contribution in [0.5, 0.6) is 0 Å². The number of primary amides is 1. The molecule has 126 valence electrons. The Balaban J connectivity index is 2.23. The monoisotopic (exact) mass is 323 g/mol. The largest absolute Gasteiger partial charge is 0.364 e. The van der Waals surface area contributed by atoms with Crippen molar-refractivity contribution >= 4 is 11.9 Å². The lowest BCUT2D eigenvalue weighted by Gasteiger charge is -2.33. The number of ether oxygens (including phenoxy) is 1. The molecular formula is C16H22FN3O3. The molecule has 0 bridgehead atoms. The van der Waals surface area contributed by atoms with Gasteiger partial charge in [0, 0.05) is 38.9 Å². The van der Waals surface area contributed by atoms with Crippen molar-refractivity contribution in [1.29, 1.82) is 0 Å². The molecule has 1 aromatic carbocycles. The Morgan fingerprint density at radius 3 is 2.39 bits per heavy atom. The Kier molecular flexibility index (Phi) is 5.20. The number of urea groups is 1. The van der Waals surface area contributed by atoms with Gasteiger partial charge in [0.2, 0.25) is 0 Å². The number of benzene rings is 1. The van der Waals surface area contributed by atoms with E-state index >= 15 is 0 Å². The molecule has 0 aliphatic carbocycles. The zero-order chi connectivity index (χ0) is 17.0. The highest BCUT2D eigenvalue weighted by molar-refractivity contribution is 5.86. The molecule has 1 aliphatic heterocycles. The van der Waals surface area contributed by atoms with Gasteiger partial charge in [0.15, 0.2) is 5.60 Å². The van der Waals surface area contributed by atoms with Crippen molar-refractivity contribution < 1.29 is 18.7 Å². The summed E-state index contributed by atoms with van der Waals surface area (Å²) >= 11 is 0. The summed E-state index contributed by atoms with van der Waals surface area (Å²) in [5.41, 5.74) is 4.08. The highest BCUT2D eigenvalue weighted by Gasteiger charge is 2.41. The fourth-order valence-corrected chi connectivity index (χ4v) is 2.80. The molecule has 3 amide bonds. The predicted octanol–water partition coefficient (Wildman–Crippen LogP) is 1.30. The number of carbonyl (C=O) groups excluding carboxylic acids is 2. The van der Waals surface area contributed by atoms with E-state index in [2.05, 4.69) is 0 Å². The zero-order valence-corrected chi connectivity index (χ0v) is 13.4. The zero-order valence-electron chi connectivity index (χ0n) is 13.4. The average molecular weight is 323 g/mol. The molecular weight excluding hydrogens is 301 g/mol. The minimum absolute atomic E-state index is 0.198. The second-order valence-corrected chi connectivity index (χ2v) is 5.69. The molecule has 1 atom stereocenters. The molecule has 1 saturated heterocycles. The van der Waals surface area contributed by atoms with Gasteiger partial charge >= 0.3 is 6.03 Å². The van der Waals surface area contributed by atoms with Gasteiger partial charge in [0.1, 0.15) is 5.82 Å². The molecule has 0 spiro atoms. The number of nitrogens with two attached hydrogens (primary N) is 1. The standard InChI is InChI=1S/C16H22FN3O3/c1-16(23-2,12-6-3-4-7-13(12)17)14(21)19-8-5-9-20(11-10-19)15(18)22/h3-4,6-7H,5,8-11H2,1-2H3,(H2,18,22)/t16-/m1/s1. The number of carbonyl (C=O) groups is 2. The number of nitrogens with zero attached hydrogens (tertiary/aromatic N) is 2. The van der Waals surface area contributed by atoms with E-state index < -0.39 is 17.4 Å². The van der Waals surface area contributed by atoms with Crippen LogP contribution in [0.15, 0.2) is 24.3 Å². The van der Waals surface area contributed by atoms with E-state index in [0.717, 1.165) is 0 Å². The SMILES string of the molecule is CO[C@@](C)(C(=O)N1CCCN(C(N)=O)CC1)c1ccccc1F. The van der Waals surface area contributed by atoms with Crippen molar-refractivity contribution in [3.8, 4) is 0 Å². The lowest BCUT2D eigenvalue weighted by Crippen LogP contribution is -2.48. The summed E-state index contributed by atoms with van der Waals surface area (Å²) in [6, 6.07) is 5.58. The van der Waals surface area contributed by atoms with Gasteiger partial charge in [0.25, 0.3) is 5.91 Å². The number of hydrogen-bond acceptors (Lipinski definition) is 3. The fourth-order valence-electron chi connectivity index (χ4n) is 2.80. The summed E-state index contributed by atoms with van der Waals surface area (Å²) in [4.78, 5) is 27.3. The van der Waals surface area contributed by atoms with Crippen molar-refractivity contribution in [1.82, 2.24) is 9.80 Å². The number of hydrogen-bond donors (Lipinski definition) is 1.